The predicted molar refractivity (Wildman–Crippen MR) is 106 cm³/mol. The van der Waals surface area contributed by atoms with Crippen LogP contribution in [0.3, 0.4) is 0 Å². The van der Waals surface area contributed by atoms with Gasteiger partial charge in [0.05, 0.1) is 0 Å². The Bertz CT molecular complexity index is 714. The van der Waals surface area contributed by atoms with Crippen molar-refractivity contribution in [2.75, 3.05) is 32.4 Å². The Morgan fingerprint density at radius 1 is 1.20 bits per heavy atom. The van der Waals surface area contributed by atoms with Gasteiger partial charge >= 0.3 is 0 Å². The van der Waals surface area contributed by atoms with Gasteiger partial charge in [-0.25, -0.2) is 0 Å². The van der Waals surface area contributed by atoms with E-state index in [1.807, 2.05) is 30.5 Å². The molecule has 2 aromatic carbocycles. The van der Waals surface area contributed by atoms with Gasteiger partial charge in [0, 0.05) is 30.1 Å². The highest BCUT2D eigenvalue weighted by atomic mass is 32.2. The lowest BCUT2D eigenvalue weighted by atomic mass is 9.94. The van der Waals surface area contributed by atoms with Gasteiger partial charge in [0.15, 0.2) is 0 Å². The van der Waals surface area contributed by atoms with Crippen molar-refractivity contribution in [3.05, 3.63) is 65.2 Å². The molecule has 1 aliphatic heterocycles. The van der Waals surface area contributed by atoms with Gasteiger partial charge in [-0.1, -0.05) is 24.3 Å². The molecule has 1 saturated heterocycles. The maximum absolute atomic E-state index is 12.2. The molecule has 3 nitrogen and oxygen atoms in total. The first-order valence-corrected chi connectivity index (χ1v) is 10.1. The van der Waals surface area contributed by atoms with Crippen molar-refractivity contribution in [3.63, 3.8) is 0 Å². The Labute approximate surface area is 154 Å². The van der Waals surface area contributed by atoms with Crippen molar-refractivity contribution in [2.45, 2.75) is 24.2 Å². The predicted octanol–water partition coefficient (Wildman–Crippen LogP) is 3.94. The highest BCUT2D eigenvalue weighted by Crippen LogP contribution is 2.28. The molecule has 0 aliphatic carbocycles. The van der Waals surface area contributed by atoms with Crippen LogP contribution in [-0.4, -0.2) is 43.2 Å². The summed E-state index contributed by atoms with van der Waals surface area (Å²) in [4.78, 5) is 15.8. The van der Waals surface area contributed by atoms with E-state index in [-0.39, 0.29) is 5.91 Å². The number of hydrogen-bond acceptors (Lipinski definition) is 3. The molecular formula is C21H26N2OS. The number of amides is 1. The summed E-state index contributed by atoms with van der Waals surface area (Å²) in [7, 11) is 0. The Balaban J connectivity index is 1.45. The fourth-order valence-electron chi connectivity index (χ4n) is 3.51. The second-order valence-corrected chi connectivity index (χ2v) is 7.51. The summed E-state index contributed by atoms with van der Waals surface area (Å²) in [5, 5.41) is 3.04. The van der Waals surface area contributed by atoms with E-state index in [0.717, 1.165) is 25.2 Å². The number of benzene rings is 2. The van der Waals surface area contributed by atoms with Crippen LogP contribution in [0.25, 0.3) is 0 Å². The van der Waals surface area contributed by atoms with Gasteiger partial charge in [0.25, 0.3) is 5.91 Å². The largest absolute Gasteiger partial charge is 0.351 e. The number of aryl methyl sites for hydroxylation is 1. The fraction of sp³-hybridized carbons (Fsp3) is 0.381. The van der Waals surface area contributed by atoms with Crippen LogP contribution in [0.15, 0.2) is 53.4 Å². The Hall–Kier alpha value is -1.78. The molecule has 0 spiro atoms. The molecular weight excluding hydrogens is 328 g/mol. The van der Waals surface area contributed by atoms with Crippen molar-refractivity contribution in [3.8, 4) is 0 Å². The summed E-state index contributed by atoms with van der Waals surface area (Å²) in [5.41, 5.74) is 3.59. The normalized spacial score (nSPS) is 17.6. The van der Waals surface area contributed by atoms with Crippen molar-refractivity contribution in [2.24, 2.45) is 0 Å². The van der Waals surface area contributed by atoms with E-state index in [2.05, 4.69) is 41.4 Å². The van der Waals surface area contributed by atoms with Crippen LogP contribution < -0.4 is 5.32 Å². The molecule has 1 amide bonds. The van der Waals surface area contributed by atoms with Gasteiger partial charge in [0.2, 0.25) is 0 Å². The lowest BCUT2D eigenvalue weighted by Gasteiger charge is -2.17. The quantitative estimate of drug-likeness (QED) is 0.798. The highest BCUT2D eigenvalue weighted by molar-refractivity contribution is 7.98. The summed E-state index contributed by atoms with van der Waals surface area (Å²) in [6.07, 6.45) is 3.24. The number of likely N-dealkylation sites (tertiary alicyclic amines) is 1. The molecule has 0 saturated carbocycles. The number of thioether (sulfide) groups is 1. The van der Waals surface area contributed by atoms with Gasteiger partial charge in [0.1, 0.15) is 0 Å². The average Bonchev–Trinajstić information content (AvgIpc) is 3.10. The van der Waals surface area contributed by atoms with Gasteiger partial charge < -0.3 is 10.2 Å². The highest BCUT2D eigenvalue weighted by Gasteiger charge is 2.24. The number of rotatable bonds is 6. The molecule has 4 heteroatoms. The Morgan fingerprint density at radius 2 is 1.96 bits per heavy atom. The molecule has 1 heterocycles. The average molecular weight is 355 g/mol. The summed E-state index contributed by atoms with van der Waals surface area (Å²) in [6, 6.07) is 16.5. The fourth-order valence-corrected chi connectivity index (χ4v) is 3.91. The molecule has 0 aromatic heterocycles. The van der Waals surface area contributed by atoms with E-state index in [4.69, 9.17) is 0 Å². The smallest absolute Gasteiger partial charge is 0.251 e. The van der Waals surface area contributed by atoms with E-state index in [0.29, 0.717) is 12.5 Å². The molecule has 1 aliphatic rings. The molecule has 0 bridgehead atoms. The minimum Gasteiger partial charge on any atom is -0.351 e. The molecule has 132 valence electrons. The summed E-state index contributed by atoms with van der Waals surface area (Å²) >= 11 is 1.68. The van der Waals surface area contributed by atoms with Gasteiger partial charge in [-0.15, -0.1) is 11.8 Å². The summed E-state index contributed by atoms with van der Waals surface area (Å²) in [5.74, 6) is 0.637. The van der Waals surface area contributed by atoms with Crippen molar-refractivity contribution >= 4 is 17.7 Å². The minimum absolute atomic E-state index is 0.0160. The zero-order valence-corrected chi connectivity index (χ0v) is 15.8. The third-order valence-electron chi connectivity index (χ3n) is 4.97. The molecule has 25 heavy (non-hydrogen) atoms. The lowest BCUT2D eigenvalue weighted by molar-refractivity contribution is 0.0949. The maximum Gasteiger partial charge on any atom is 0.251 e. The molecule has 0 unspecified atom stereocenters. The monoisotopic (exact) mass is 354 g/mol. The number of nitrogens with zero attached hydrogens (tertiary/aromatic N) is 1. The van der Waals surface area contributed by atoms with E-state index in [1.54, 1.807) is 11.8 Å². The van der Waals surface area contributed by atoms with Crippen molar-refractivity contribution in [1.29, 1.82) is 0 Å². The topological polar surface area (TPSA) is 32.3 Å². The summed E-state index contributed by atoms with van der Waals surface area (Å²) in [6.45, 7) is 6.00. The number of carbonyl (C=O) groups is 1. The number of nitrogens with one attached hydrogen (secondary N) is 1. The first-order valence-electron chi connectivity index (χ1n) is 8.87. The van der Waals surface area contributed by atoms with E-state index in [9.17, 15) is 4.79 Å². The van der Waals surface area contributed by atoms with Crippen molar-refractivity contribution < 1.29 is 4.79 Å². The van der Waals surface area contributed by atoms with E-state index in [1.165, 1.54) is 22.4 Å². The zero-order chi connectivity index (χ0) is 17.6. The van der Waals surface area contributed by atoms with Crippen LogP contribution >= 0.6 is 11.8 Å². The van der Waals surface area contributed by atoms with Gasteiger partial charge in [-0.2, -0.15) is 0 Å². The second kappa shape index (κ2) is 8.54. The lowest BCUT2D eigenvalue weighted by Crippen LogP contribution is -2.33. The first-order chi connectivity index (χ1) is 12.2. The molecule has 2 aromatic rings. The third-order valence-corrected chi connectivity index (χ3v) is 5.71. The third kappa shape index (κ3) is 4.65. The second-order valence-electron chi connectivity index (χ2n) is 6.63. The van der Waals surface area contributed by atoms with E-state index < -0.39 is 0 Å². The van der Waals surface area contributed by atoms with Crippen LogP contribution in [0, 0.1) is 6.92 Å². The van der Waals surface area contributed by atoms with Gasteiger partial charge in [-0.05, 0) is 67.5 Å². The van der Waals surface area contributed by atoms with Crippen LogP contribution in [0.2, 0.25) is 0 Å². The molecule has 1 atom stereocenters. The number of hydrogen-bond donors (Lipinski definition) is 1. The van der Waals surface area contributed by atoms with Gasteiger partial charge in [-0.3, -0.25) is 4.79 Å². The van der Waals surface area contributed by atoms with Crippen LogP contribution in [0.1, 0.15) is 33.8 Å². The van der Waals surface area contributed by atoms with Crippen LogP contribution in [-0.2, 0) is 0 Å². The minimum atomic E-state index is 0.0160. The van der Waals surface area contributed by atoms with Crippen LogP contribution in [0.5, 0.6) is 0 Å². The molecule has 0 radical (unpaired) electrons. The first kappa shape index (κ1) is 18.0. The Kier molecular flexibility index (Phi) is 6.16. The van der Waals surface area contributed by atoms with E-state index >= 15 is 0 Å². The van der Waals surface area contributed by atoms with Crippen LogP contribution in [0.4, 0.5) is 0 Å². The Morgan fingerprint density at radius 3 is 2.68 bits per heavy atom. The maximum atomic E-state index is 12.2. The molecule has 3 rings (SSSR count). The zero-order valence-electron chi connectivity index (χ0n) is 15.0. The SMILES string of the molecule is CSc1ccc(C(=O)NCCN2CC[C@@H](c3ccccc3C)C2)cc1. The standard InChI is InChI=1S/C21H26N2OS/c1-16-5-3-4-6-20(16)18-11-13-23(15-18)14-12-22-21(24)17-7-9-19(25-2)10-8-17/h3-10,18H,11-15H2,1-2H3,(H,22,24)/t18-/m1/s1. The summed E-state index contributed by atoms with van der Waals surface area (Å²) < 4.78 is 0. The molecule has 1 fully saturated rings. The molecule has 1 N–H and O–H groups in total. The van der Waals surface area contributed by atoms with Crippen molar-refractivity contribution in [1.82, 2.24) is 10.2 Å². The number of carbonyl (C=O) groups excluding carboxylic acids is 1.